The molecule has 6 heteroatoms. The van der Waals surface area contributed by atoms with Gasteiger partial charge in [-0.2, -0.15) is 8.78 Å². The molecule has 0 spiro atoms. The number of nitrogens with one attached hydrogen (secondary N) is 1. The van der Waals surface area contributed by atoms with Gasteiger partial charge in [0.1, 0.15) is 0 Å². The Hall–Kier alpha value is -1.46. The fourth-order valence-electron chi connectivity index (χ4n) is 1.56. The molecule has 2 aromatic rings. The maximum absolute atomic E-state index is 12.5. The summed E-state index contributed by atoms with van der Waals surface area (Å²) in [6, 6.07) is 11.8. The second-order valence-corrected chi connectivity index (χ2v) is 5.20. The molecule has 100 valence electrons. The van der Waals surface area contributed by atoms with Crippen molar-refractivity contribution < 1.29 is 8.78 Å². The maximum atomic E-state index is 12.5. The molecule has 0 atom stereocenters. The molecule has 2 rings (SSSR count). The third-order valence-electron chi connectivity index (χ3n) is 2.39. The zero-order valence-corrected chi connectivity index (χ0v) is 11.3. The van der Waals surface area contributed by atoms with Crippen LogP contribution >= 0.6 is 23.4 Å². The third-order valence-corrected chi connectivity index (χ3v) is 3.41. The standard InChI is InChI=1S/C13H11ClF2N2S/c14-8-5-6-10(9(17)7-8)18-11-3-1-2-4-12(11)19-13(15)16/h1-7,13,18H,17H2. The van der Waals surface area contributed by atoms with Crippen LogP contribution < -0.4 is 11.1 Å². The number of hydrogen-bond acceptors (Lipinski definition) is 3. The molecule has 0 radical (unpaired) electrons. The molecule has 0 aromatic heterocycles. The zero-order valence-electron chi connectivity index (χ0n) is 9.74. The molecule has 0 bridgehead atoms. The van der Waals surface area contributed by atoms with Gasteiger partial charge < -0.3 is 11.1 Å². The highest BCUT2D eigenvalue weighted by Crippen LogP contribution is 2.34. The largest absolute Gasteiger partial charge is 0.397 e. The first-order valence-electron chi connectivity index (χ1n) is 5.42. The number of rotatable bonds is 4. The van der Waals surface area contributed by atoms with Gasteiger partial charge in [0.25, 0.3) is 5.76 Å². The molecule has 0 unspecified atom stereocenters. The Morgan fingerprint density at radius 2 is 1.84 bits per heavy atom. The van der Waals surface area contributed by atoms with Crippen molar-refractivity contribution in [2.24, 2.45) is 0 Å². The summed E-state index contributed by atoms with van der Waals surface area (Å²) >= 11 is 6.30. The summed E-state index contributed by atoms with van der Waals surface area (Å²) in [5, 5.41) is 3.56. The lowest BCUT2D eigenvalue weighted by atomic mass is 10.2. The van der Waals surface area contributed by atoms with Crippen LogP contribution in [0.4, 0.5) is 25.8 Å². The van der Waals surface area contributed by atoms with Crippen molar-refractivity contribution in [2.45, 2.75) is 10.7 Å². The second-order valence-electron chi connectivity index (χ2n) is 3.73. The van der Waals surface area contributed by atoms with Crippen molar-refractivity contribution in [3.63, 3.8) is 0 Å². The van der Waals surface area contributed by atoms with E-state index in [1.807, 2.05) is 0 Å². The average molecular weight is 301 g/mol. The number of anilines is 3. The van der Waals surface area contributed by atoms with E-state index in [1.165, 1.54) is 0 Å². The molecular weight excluding hydrogens is 290 g/mol. The molecule has 0 saturated heterocycles. The summed E-state index contributed by atoms with van der Waals surface area (Å²) in [4.78, 5) is 0.465. The predicted molar refractivity (Wildman–Crippen MR) is 77.5 cm³/mol. The van der Waals surface area contributed by atoms with E-state index >= 15 is 0 Å². The molecule has 0 aliphatic heterocycles. The van der Waals surface area contributed by atoms with E-state index < -0.39 is 5.76 Å². The minimum absolute atomic E-state index is 0.462. The Morgan fingerprint density at radius 1 is 1.11 bits per heavy atom. The molecule has 3 N–H and O–H groups in total. The molecule has 19 heavy (non-hydrogen) atoms. The van der Waals surface area contributed by atoms with E-state index in [9.17, 15) is 8.78 Å². The van der Waals surface area contributed by atoms with Crippen LogP contribution in [0.25, 0.3) is 0 Å². The van der Waals surface area contributed by atoms with Gasteiger partial charge in [0.2, 0.25) is 0 Å². The minimum atomic E-state index is -2.47. The number of para-hydroxylation sites is 1. The molecule has 2 aromatic carbocycles. The normalized spacial score (nSPS) is 10.7. The molecule has 0 aliphatic rings. The number of benzene rings is 2. The van der Waals surface area contributed by atoms with E-state index in [0.29, 0.717) is 38.7 Å². The minimum Gasteiger partial charge on any atom is -0.397 e. The van der Waals surface area contributed by atoms with Crippen LogP contribution in [-0.4, -0.2) is 5.76 Å². The van der Waals surface area contributed by atoms with Crippen molar-refractivity contribution in [3.05, 3.63) is 47.5 Å². The van der Waals surface area contributed by atoms with Crippen LogP contribution in [0.2, 0.25) is 5.02 Å². The topological polar surface area (TPSA) is 38.0 Å². The molecule has 0 amide bonds. The van der Waals surface area contributed by atoms with Gasteiger partial charge in [0.05, 0.1) is 17.1 Å². The first-order valence-corrected chi connectivity index (χ1v) is 6.68. The number of nitrogen functional groups attached to an aromatic ring is 1. The second kappa shape index (κ2) is 6.12. The van der Waals surface area contributed by atoms with Gasteiger partial charge in [-0.05, 0) is 30.3 Å². The van der Waals surface area contributed by atoms with Gasteiger partial charge in [-0.1, -0.05) is 35.5 Å². The van der Waals surface area contributed by atoms with Crippen LogP contribution in [0.1, 0.15) is 0 Å². The molecule has 0 heterocycles. The first-order chi connectivity index (χ1) is 9.06. The Labute approximate surface area is 119 Å². The SMILES string of the molecule is Nc1cc(Cl)ccc1Nc1ccccc1SC(F)F. The average Bonchev–Trinajstić information content (AvgIpc) is 2.34. The molecule has 0 saturated carbocycles. The fourth-order valence-corrected chi connectivity index (χ4v) is 2.34. The summed E-state index contributed by atoms with van der Waals surface area (Å²) in [5.41, 5.74) is 7.50. The third kappa shape index (κ3) is 3.75. The fraction of sp³-hybridized carbons (Fsp3) is 0.0769. The Bertz CT molecular complexity index is 578. The lowest BCUT2D eigenvalue weighted by Crippen LogP contribution is -1.97. The van der Waals surface area contributed by atoms with Gasteiger partial charge in [0, 0.05) is 9.92 Å². The Balaban J connectivity index is 2.27. The van der Waals surface area contributed by atoms with Gasteiger partial charge in [0.15, 0.2) is 0 Å². The number of thioether (sulfide) groups is 1. The van der Waals surface area contributed by atoms with E-state index in [-0.39, 0.29) is 0 Å². The van der Waals surface area contributed by atoms with Crippen molar-refractivity contribution in [2.75, 3.05) is 11.1 Å². The predicted octanol–water partition coefficient (Wildman–Crippen LogP) is 4.98. The lowest BCUT2D eigenvalue weighted by Gasteiger charge is -2.13. The van der Waals surface area contributed by atoms with Crippen LogP contribution in [-0.2, 0) is 0 Å². The lowest BCUT2D eigenvalue weighted by molar-refractivity contribution is 0.252. The van der Waals surface area contributed by atoms with Crippen LogP contribution in [0.15, 0.2) is 47.4 Å². The Kier molecular flexibility index (Phi) is 4.50. The summed E-state index contributed by atoms with van der Waals surface area (Å²) in [6.07, 6.45) is 0. The van der Waals surface area contributed by atoms with Crippen LogP contribution in [0.3, 0.4) is 0 Å². The van der Waals surface area contributed by atoms with Crippen molar-refractivity contribution in [3.8, 4) is 0 Å². The van der Waals surface area contributed by atoms with Gasteiger partial charge >= 0.3 is 0 Å². The smallest absolute Gasteiger partial charge is 0.288 e. The summed E-state index contributed by atoms with van der Waals surface area (Å²) in [5.74, 6) is -2.47. The Morgan fingerprint density at radius 3 is 2.53 bits per heavy atom. The quantitative estimate of drug-likeness (QED) is 0.618. The molecule has 0 fully saturated rings. The van der Waals surface area contributed by atoms with E-state index in [4.69, 9.17) is 17.3 Å². The van der Waals surface area contributed by atoms with Crippen LogP contribution in [0.5, 0.6) is 0 Å². The maximum Gasteiger partial charge on any atom is 0.288 e. The summed E-state index contributed by atoms with van der Waals surface area (Å²) in [6.45, 7) is 0. The number of nitrogens with two attached hydrogens (primary N) is 1. The van der Waals surface area contributed by atoms with E-state index in [1.54, 1.807) is 42.5 Å². The highest BCUT2D eigenvalue weighted by molar-refractivity contribution is 7.99. The van der Waals surface area contributed by atoms with Crippen LogP contribution in [0, 0.1) is 0 Å². The number of halogens is 3. The van der Waals surface area contributed by atoms with Gasteiger partial charge in [-0.15, -0.1) is 0 Å². The van der Waals surface area contributed by atoms with Gasteiger partial charge in [-0.25, -0.2) is 0 Å². The van der Waals surface area contributed by atoms with Crippen molar-refractivity contribution in [1.29, 1.82) is 0 Å². The molecule has 0 aliphatic carbocycles. The van der Waals surface area contributed by atoms with Crippen molar-refractivity contribution in [1.82, 2.24) is 0 Å². The summed E-state index contributed by atoms with van der Waals surface area (Å²) < 4.78 is 24.9. The van der Waals surface area contributed by atoms with E-state index in [2.05, 4.69) is 5.32 Å². The highest BCUT2D eigenvalue weighted by Gasteiger charge is 2.10. The van der Waals surface area contributed by atoms with Gasteiger partial charge in [-0.3, -0.25) is 0 Å². The molecule has 2 nitrogen and oxygen atoms in total. The molecular formula is C13H11ClF2N2S. The highest BCUT2D eigenvalue weighted by atomic mass is 35.5. The monoisotopic (exact) mass is 300 g/mol. The number of alkyl halides is 2. The van der Waals surface area contributed by atoms with Crippen molar-refractivity contribution >= 4 is 40.4 Å². The summed E-state index contributed by atoms with van der Waals surface area (Å²) in [7, 11) is 0. The number of hydrogen-bond donors (Lipinski definition) is 2. The zero-order chi connectivity index (χ0) is 13.8. The first kappa shape index (κ1) is 14.0. The van der Waals surface area contributed by atoms with E-state index in [0.717, 1.165) is 0 Å².